The predicted octanol–water partition coefficient (Wildman–Crippen LogP) is 2.55. The largest absolute Gasteiger partial charge is 0.481 e. The van der Waals surface area contributed by atoms with E-state index in [1.165, 1.54) is 0 Å². The summed E-state index contributed by atoms with van der Waals surface area (Å²) in [6.07, 6.45) is -0.607. The third kappa shape index (κ3) is 4.69. The SMILES string of the molecule is Cc1cc(OC(C)C(=O)NC(C)C(C)CO)ccc1Cl. The molecule has 0 saturated heterocycles. The smallest absolute Gasteiger partial charge is 0.260 e. The van der Waals surface area contributed by atoms with Crippen LogP contribution in [-0.2, 0) is 4.79 Å². The number of aliphatic hydroxyl groups excluding tert-OH is 1. The molecule has 20 heavy (non-hydrogen) atoms. The Labute approximate surface area is 125 Å². The lowest BCUT2D eigenvalue weighted by molar-refractivity contribution is -0.128. The van der Waals surface area contributed by atoms with E-state index >= 15 is 0 Å². The van der Waals surface area contributed by atoms with Gasteiger partial charge < -0.3 is 15.2 Å². The van der Waals surface area contributed by atoms with Gasteiger partial charge in [-0.3, -0.25) is 4.79 Å². The van der Waals surface area contributed by atoms with E-state index in [4.69, 9.17) is 21.4 Å². The van der Waals surface area contributed by atoms with E-state index in [9.17, 15) is 4.79 Å². The highest BCUT2D eigenvalue weighted by Gasteiger charge is 2.19. The molecule has 4 nitrogen and oxygen atoms in total. The van der Waals surface area contributed by atoms with Gasteiger partial charge in [0.05, 0.1) is 0 Å². The molecule has 0 fully saturated rings. The Bertz CT molecular complexity index is 464. The highest BCUT2D eigenvalue weighted by molar-refractivity contribution is 6.31. The minimum absolute atomic E-state index is 0.00364. The lowest BCUT2D eigenvalue weighted by Crippen LogP contribution is -2.44. The molecule has 3 unspecified atom stereocenters. The quantitative estimate of drug-likeness (QED) is 0.849. The number of aliphatic hydroxyl groups is 1. The molecule has 1 amide bonds. The lowest BCUT2D eigenvalue weighted by atomic mass is 10.1. The molecule has 0 aliphatic heterocycles. The third-order valence-corrected chi connectivity index (χ3v) is 3.75. The van der Waals surface area contributed by atoms with Gasteiger partial charge in [-0.2, -0.15) is 0 Å². The molecule has 2 N–H and O–H groups in total. The van der Waals surface area contributed by atoms with Crippen LogP contribution in [0.1, 0.15) is 26.3 Å². The van der Waals surface area contributed by atoms with Crippen LogP contribution in [0.3, 0.4) is 0 Å². The highest BCUT2D eigenvalue weighted by atomic mass is 35.5. The van der Waals surface area contributed by atoms with E-state index in [2.05, 4.69) is 5.32 Å². The van der Waals surface area contributed by atoms with E-state index < -0.39 is 6.10 Å². The second-order valence-corrected chi connectivity index (χ2v) is 5.54. The lowest BCUT2D eigenvalue weighted by Gasteiger charge is -2.22. The van der Waals surface area contributed by atoms with Crippen LogP contribution >= 0.6 is 11.6 Å². The second-order valence-electron chi connectivity index (χ2n) is 5.13. The second kappa shape index (κ2) is 7.50. The van der Waals surface area contributed by atoms with Crippen molar-refractivity contribution in [1.29, 1.82) is 0 Å². The van der Waals surface area contributed by atoms with Gasteiger partial charge in [0, 0.05) is 17.7 Å². The van der Waals surface area contributed by atoms with E-state index in [0.717, 1.165) is 5.56 Å². The zero-order chi connectivity index (χ0) is 15.3. The van der Waals surface area contributed by atoms with Crippen LogP contribution < -0.4 is 10.1 Å². The molecule has 1 rings (SSSR count). The minimum atomic E-state index is -0.607. The molecule has 0 bridgehead atoms. The van der Waals surface area contributed by atoms with Crippen LogP contribution in [0.5, 0.6) is 5.75 Å². The van der Waals surface area contributed by atoms with Crippen molar-refractivity contribution in [2.24, 2.45) is 5.92 Å². The molecule has 1 aromatic carbocycles. The topological polar surface area (TPSA) is 58.6 Å². The summed E-state index contributed by atoms with van der Waals surface area (Å²) in [4.78, 5) is 12.0. The van der Waals surface area contributed by atoms with Crippen molar-refractivity contribution in [2.45, 2.75) is 39.8 Å². The van der Waals surface area contributed by atoms with Crippen molar-refractivity contribution in [3.63, 3.8) is 0 Å². The Morgan fingerprint density at radius 1 is 1.40 bits per heavy atom. The fraction of sp³-hybridized carbons (Fsp3) is 0.533. The summed E-state index contributed by atoms with van der Waals surface area (Å²) in [5.41, 5.74) is 0.902. The van der Waals surface area contributed by atoms with Crippen molar-refractivity contribution < 1.29 is 14.6 Å². The monoisotopic (exact) mass is 299 g/mol. The summed E-state index contributed by atoms with van der Waals surface area (Å²) in [5, 5.41) is 12.5. The Kier molecular flexibility index (Phi) is 6.30. The maximum atomic E-state index is 12.0. The van der Waals surface area contributed by atoms with Gasteiger partial charge in [-0.25, -0.2) is 0 Å². The van der Waals surface area contributed by atoms with E-state index in [1.807, 2.05) is 20.8 Å². The van der Waals surface area contributed by atoms with Gasteiger partial charge in [0.15, 0.2) is 6.10 Å². The fourth-order valence-corrected chi connectivity index (χ4v) is 1.71. The summed E-state index contributed by atoms with van der Waals surface area (Å²) in [5.74, 6) is 0.409. The molecular formula is C15H22ClNO3. The molecular weight excluding hydrogens is 278 g/mol. The number of benzene rings is 1. The molecule has 3 atom stereocenters. The Morgan fingerprint density at radius 2 is 2.05 bits per heavy atom. The first-order chi connectivity index (χ1) is 9.35. The maximum Gasteiger partial charge on any atom is 0.260 e. The summed E-state index contributed by atoms with van der Waals surface area (Å²) in [7, 11) is 0. The van der Waals surface area contributed by atoms with Gasteiger partial charge in [-0.15, -0.1) is 0 Å². The summed E-state index contributed by atoms with van der Waals surface area (Å²) in [6.45, 7) is 7.34. The normalized spacial score (nSPS) is 15.3. The van der Waals surface area contributed by atoms with Gasteiger partial charge in [-0.1, -0.05) is 18.5 Å². The van der Waals surface area contributed by atoms with E-state index in [0.29, 0.717) is 10.8 Å². The molecule has 0 radical (unpaired) electrons. The molecule has 0 aromatic heterocycles. The molecule has 5 heteroatoms. The minimum Gasteiger partial charge on any atom is -0.481 e. The first-order valence-electron chi connectivity index (χ1n) is 6.69. The van der Waals surface area contributed by atoms with Crippen LogP contribution in [0, 0.1) is 12.8 Å². The molecule has 0 heterocycles. The van der Waals surface area contributed by atoms with E-state index in [-0.39, 0.29) is 24.5 Å². The first kappa shape index (κ1) is 16.8. The summed E-state index contributed by atoms with van der Waals surface area (Å²) >= 11 is 5.94. The first-order valence-corrected chi connectivity index (χ1v) is 7.07. The third-order valence-electron chi connectivity index (χ3n) is 3.32. The van der Waals surface area contributed by atoms with Gasteiger partial charge in [0.25, 0.3) is 5.91 Å². The number of aryl methyl sites for hydroxylation is 1. The average molecular weight is 300 g/mol. The highest BCUT2D eigenvalue weighted by Crippen LogP contribution is 2.21. The molecule has 0 spiro atoms. The molecule has 0 aliphatic carbocycles. The van der Waals surface area contributed by atoms with Crippen molar-refractivity contribution in [3.05, 3.63) is 28.8 Å². The number of carbonyl (C=O) groups is 1. The van der Waals surface area contributed by atoms with Crippen LogP contribution in [0.4, 0.5) is 0 Å². The van der Waals surface area contributed by atoms with Crippen molar-refractivity contribution in [1.82, 2.24) is 5.32 Å². The van der Waals surface area contributed by atoms with Gasteiger partial charge in [0.2, 0.25) is 0 Å². The van der Waals surface area contributed by atoms with Gasteiger partial charge in [0.1, 0.15) is 5.75 Å². The fourth-order valence-electron chi connectivity index (χ4n) is 1.59. The Balaban J connectivity index is 2.59. The standard InChI is InChI=1S/C15H22ClNO3/c1-9-7-13(5-6-14(9)16)20-12(4)15(19)17-11(3)10(2)8-18/h5-7,10-12,18H,8H2,1-4H3,(H,17,19). The van der Waals surface area contributed by atoms with Gasteiger partial charge >= 0.3 is 0 Å². The number of hydrogen-bond donors (Lipinski definition) is 2. The zero-order valence-electron chi connectivity index (χ0n) is 12.3. The molecule has 0 saturated carbocycles. The average Bonchev–Trinajstić information content (AvgIpc) is 2.41. The predicted molar refractivity (Wildman–Crippen MR) is 80.1 cm³/mol. The Hall–Kier alpha value is -1.26. The molecule has 1 aromatic rings. The Morgan fingerprint density at radius 3 is 2.60 bits per heavy atom. The van der Waals surface area contributed by atoms with Crippen LogP contribution in [-0.4, -0.2) is 29.8 Å². The van der Waals surface area contributed by atoms with E-state index in [1.54, 1.807) is 25.1 Å². The zero-order valence-corrected chi connectivity index (χ0v) is 13.1. The number of halogens is 1. The van der Waals surface area contributed by atoms with Crippen LogP contribution in [0.15, 0.2) is 18.2 Å². The summed E-state index contributed by atoms with van der Waals surface area (Å²) < 4.78 is 5.59. The number of hydrogen-bond acceptors (Lipinski definition) is 3. The summed E-state index contributed by atoms with van der Waals surface area (Å²) in [6, 6.07) is 5.17. The van der Waals surface area contributed by atoms with Crippen molar-refractivity contribution in [2.75, 3.05) is 6.61 Å². The molecule has 0 aliphatic rings. The number of nitrogens with one attached hydrogen (secondary N) is 1. The molecule has 112 valence electrons. The number of ether oxygens (including phenoxy) is 1. The maximum absolute atomic E-state index is 12.0. The number of rotatable bonds is 6. The van der Waals surface area contributed by atoms with Crippen LogP contribution in [0.25, 0.3) is 0 Å². The van der Waals surface area contributed by atoms with Gasteiger partial charge in [-0.05, 0) is 50.5 Å². The van der Waals surface area contributed by atoms with Crippen molar-refractivity contribution in [3.8, 4) is 5.75 Å². The number of carbonyl (C=O) groups excluding carboxylic acids is 1. The number of amides is 1. The van der Waals surface area contributed by atoms with Crippen LogP contribution in [0.2, 0.25) is 5.02 Å². The van der Waals surface area contributed by atoms with Crippen molar-refractivity contribution >= 4 is 17.5 Å².